The number of nitrogens with zero attached hydrogens (tertiary/aromatic N) is 1. The van der Waals surface area contributed by atoms with E-state index in [0.29, 0.717) is 18.7 Å². The second kappa shape index (κ2) is 6.13. The summed E-state index contributed by atoms with van der Waals surface area (Å²) < 4.78 is 9.73. The topological polar surface area (TPSA) is 65.0 Å². The molecule has 1 aromatic rings. The highest BCUT2D eigenvalue weighted by Gasteiger charge is 2.36. The van der Waals surface area contributed by atoms with Gasteiger partial charge in [-0.3, -0.25) is 0 Å². The number of carbonyl (C=O) groups is 2. The summed E-state index contributed by atoms with van der Waals surface area (Å²) in [7, 11) is 0. The van der Waals surface area contributed by atoms with Crippen LogP contribution in [0.2, 0.25) is 0 Å². The molecule has 0 saturated heterocycles. The molecule has 0 aliphatic carbocycles. The van der Waals surface area contributed by atoms with Gasteiger partial charge in [0.2, 0.25) is 6.04 Å². The fourth-order valence-electron chi connectivity index (χ4n) is 1.78. The van der Waals surface area contributed by atoms with Gasteiger partial charge in [0.1, 0.15) is 0 Å². The SMILES string of the molecule is CCOC(=O)C1N=C(CCc2ccccc2)OC1=O. The van der Waals surface area contributed by atoms with E-state index in [1.54, 1.807) is 6.92 Å². The molecule has 1 atom stereocenters. The first kappa shape index (κ1) is 13.3. The Balaban J connectivity index is 1.93. The predicted molar refractivity (Wildman–Crippen MR) is 68.7 cm³/mol. The van der Waals surface area contributed by atoms with Crippen LogP contribution in [0.5, 0.6) is 0 Å². The summed E-state index contributed by atoms with van der Waals surface area (Å²) in [5, 5.41) is 0. The Kier molecular flexibility index (Phi) is 4.28. The molecular formula is C14H15NO4. The van der Waals surface area contributed by atoms with Crippen molar-refractivity contribution in [1.29, 1.82) is 0 Å². The third-order valence-corrected chi connectivity index (χ3v) is 2.69. The molecule has 0 amide bonds. The van der Waals surface area contributed by atoms with Gasteiger partial charge in [0.05, 0.1) is 6.61 Å². The van der Waals surface area contributed by atoms with Crippen LogP contribution in [-0.2, 0) is 25.5 Å². The molecule has 0 fully saturated rings. The number of hydrogen-bond donors (Lipinski definition) is 0. The van der Waals surface area contributed by atoms with Gasteiger partial charge in [-0.2, -0.15) is 0 Å². The molecular weight excluding hydrogens is 246 g/mol. The van der Waals surface area contributed by atoms with Crippen molar-refractivity contribution in [2.45, 2.75) is 25.8 Å². The summed E-state index contributed by atoms with van der Waals surface area (Å²) in [6.07, 6.45) is 1.20. The van der Waals surface area contributed by atoms with Crippen molar-refractivity contribution >= 4 is 17.8 Å². The molecule has 100 valence electrons. The van der Waals surface area contributed by atoms with Crippen molar-refractivity contribution in [3.05, 3.63) is 35.9 Å². The zero-order valence-electron chi connectivity index (χ0n) is 10.7. The average Bonchev–Trinajstić information content (AvgIpc) is 2.79. The molecule has 1 aromatic carbocycles. The number of benzene rings is 1. The minimum Gasteiger partial charge on any atom is -0.464 e. The van der Waals surface area contributed by atoms with E-state index in [1.165, 1.54) is 0 Å². The summed E-state index contributed by atoms with van der Waals surface area (Å²) in [6, 6.07) is 8.65. The molecule has 0 aromatic heterocycles. The van der Waals surface area contributed by atoms with Gasteiger partial charge >= 0.3 is 11.9 Å². The number of esters is 2. The van der Waals surface area contributed by atoms with Crippen molar-refractivity contribution in [3.8, 4) is 0 Å². The molecule has 1 heterocycles. The van der Waals surface area contributed by atoms with E-state index in [2.05, 4.69) is 4.99 Å². The minimum atomic E-state index is -1.15. The van der Waals surface area contributed by atoms with Crippen LogP contribution in [0.25, 0.3) is 0 Å². The minimum absolute atomic E-state index is 0.220. The molecule has 0 spiro atoms. The largest absolute Gasteiger partial charge is 0.464 e. The normalized spacial score (nSPS) is 17.8. The van der Waals surface area contributed by atoms with Crippen molar-refractivity contribution in [3.63, 3.8) is 0 Å². The van der Waals surface area contributed by atoms with Crippen LogP contribution in [0.4, 0.5) is 0 Å². The van der Waals surface area contributed by atoms with E-state index in [9.17, 15) is 9.59 Å². The van der Waals surface area contributed by atoms with Gasteiger partial charge in [0, 0.05) is 6.42 Å². The van der Waals surface area contributed by atoms with Gasteiger partial charge in [-0.25, -0.2) is 14.6 Å². The second-order valence-corrected chi connectivity index (χ2v) is 4.08. The molecule has 0 bridgehead atoms. The van der Waals surface area contributed by atoms with Gasteiger partial charge in [-0.1, -0.05) is 30.3 Å². The van der Waals surface area contributed by atoms with E-state index >= 15 is 0 Å². The molecule has 1 unspecified atom stereocenters. The molecule has 1 aliphatic heterocycles. The molecule has 19 heavy (non-hydrogen) atoms. The second-order valence-electron chi connectivity index (χ2n) is 4.08. The van der Waals surface area contributed by atoms with Crippen molar-refractivity contribution in [2.24, 2.45) is 4.99 Å². The zero-order chi connectivity index (χ0) is 13.7. The number of hydrogen-bond acceptors (Lipinski definition) is 5. The fourth-order valence-corrected chi connectivity index (χ4v) is 1.78. The Morgan fingerprint density at radius 3 is 2.74 bits per heavy atom. The molecule has 5 heteroatoms. The smallest absolute Gasteiger partial charge is 0.349 e. The maximum absolute atomic E-state index is 11.5. The third kappa shape index (κ3) is 3.40. The summed E-state index contributed by atoms with van der Waals surface area (Å²) >= 11 is 0. The number of aryl methyl sites for hydroxylation is 1. The highest BCUT2D eigenvalue weighted by atomic mass is 16.6. The van der Waals surface area contributed by atoms with Crippen molar-refractivity contribution in [2.75, 3.05) is 6.61 Å². The van der Waals surface area contributed by atoms with Gasteiger partial charge in [-0.05, 0) is 18.9 Å². The first-order valence-corrected chi connectivity index (χ1v) is 6.19. The van der Waals surface area contributed by atoms with Crippen molar-refractivity contribution < 1.29 is 19.1 Å². The van der Waals surface area contributed by atoms with E-state index in [4.69, 9.17) is 9.47 Å². The fraction of sp³-hybridized carbons (Fsp3) is 0.357. The van der Waals surface area contributed by atoms with Gasteiger partial charge < -0.3 is 9.47 Å². The summed E-state index contributed by atoms with van der Waals surface area (Å²) in [5.41, 5.74) is 1.13. The lowest BCUT2D eigenvalue weighted by atomic mass is 10.1. The van der Waals surface area contributed by atoms with Crippen LogP contribution < -0.4 is 0 Å². The number of cyclic esters (lactones) is 1. The molecule has 1 aliphatic rings. The van der Waals surface area contributed by atoms with E-state index < -0.39 is 18.0 Å². The average molecular weight is 261 g/mol. The first-order valence-electron chi connectivity index (χ1n) is 6.19. The molecule has 0 radical (unpaired) electrons. The lowest BCUT2D eigenvalue weighted by Gasteiger charge is -2.01. The third-order valence-electron chi connectivity index (χ3n) is 2.69. The standard InChI is InChI=1S/C14H15NO4/c1-2-18-13(16)12-14(17)19-11(15-12)9-8-10-6-4-3-5-7-10/h3-7,12H,2,8-9H2,1H3. The first-order chi connectivity index (χ1) is 9.20. The maximum Gasteiger partial charge on any atom is 0.349 e. The number of rotatable bonds is 5. The van der Waals surface area contributed by atoms with E-state index in [1.807, 2.05) is 30.3 Å². The number of aliphatic imine (C=N–C) groups is 1. The van der Waals surface area contributed by atoms with E-state index in [-0.39, 0.29) is 6.61 Å². The Morgan fingerprint density at radius 1 is 1.32 bits per heavy atom. The van der Waals surface area contributed by atoms with Gasteiger partial charge in [0.15, 0.2) is 5.90 Å². The highest BCUT2D eigenvalue weighted by Crippen LogP contribution is 2.13. The van der Waals surface area contributed by atoms with Crippen LogP contribution in [-0.4, -0.2) is 30.5 Å². The Bertz CT molecular complexity index is 495. The summed E-state index contributed by atoms with van der Waals surface area (Å²) in [5.74, 6) is -1.00. The Labute approximate surface area is 111 Å². The molecule has 5 nitrogen and oxygen atoms in total. The Morgan fingerprint density at radius 2 is 2.05 bits per heavy atom. The van der Waals surface area contributed by atoms with Gasteiger partial charge in [0.25, 0.3) is 0 Å². The Hall–Kier alpha value is -2.17. The molecule has 0 saturated carbocycles. The van der Waals surface area contributed by atoms with Crippen molar-refractivity contribution in [1.82, 2.24) is 0 Å². The van der Waals surface area contributed by atoms with Crippen LogP contribution in [0.1, 0.15) is 18.9 Å². The van der Waals surface area contributed by atoms with Crippen LogP contribution in [0, 0.1) is 0 Å². The van der Waals surface area contributed by atoms with Crippen LogP contribution in [0.3, 0.4) is 0 Å². The highest BCUT2D eigenvalue weighted by molar-refractivity contribution is 6.09. The molecule has 2 rings (SSSR count). The predicted octanol–water partition coefficient (Wildman–Crippen LogP) is 1.51. The van der Waals surface area contributed by atoms with Gasteiger partial charge in [-0.15, -0.1) is 0 Å². The van der Waals surface area contributed by atoms with E-state index in [0.717, 1.165) is 5.56 Å². The van der Waals surface area contributed by atoms with Crippen LogP contribution >= 0.6 is 0 Å². The summed E-state index contributed by atoms with van der Waals surface area (Å²) in [4.78, 5) is 26.9. The zero-order valence-corrected chi connectivity index (χ0v) is 10.7. The number of ether oxygens (including phenoxy) is 2. The lowest BCUT2D eigenvalue weighted by molar-refractivity contribution is -0.151. The molecule has 0 N–H and O–H groups in total. The van der Waals surface area contributed by atoms with Crippen LogP contribution in [0.15, 0.2) is 35.3 Å². The number of carbonyl (C=O) groups excluding carboxylic acids is 2. The summed E-state index contributed by atoms with van der Waals surface area (Å²) in [6.45, 7) is 1.90. The maximum atomic E-state index is 11.5. The monoisotopic (exact) mass is 261 g/mol. The quantitative estimate of drug-likeness (QED) is 0.595. The lowest BCUT2D eigenvalue weighted by Crippen LogP contribution is -2.27.